The largest absolute Gasteiger partial charge is 0.491 e. The first kappa shape index (κ1) is 14.5. The first-order valence-corrected chi connectivity index (χ1v) is 8.07. The lowest BCUT2D eigenvalue weighted by atomic mass is 10.0. The summed E-state index contributed by atoms with van der Waals surface area (Å²) >= 11 is 1.89. The Labute approximate surface area is 119 Å². The summed E-state index contributed by atoms with van der Waals surface area (Å²) in [6, 6.07) is 7.27. The Balaban J connectivity index is 1.63. The molecule has 1 aliphatic rings. The number of thioether (sulfide) groups is 1. The molecule has 3 N–H and O–H groups in total. The summed E-state index contributed by atoms with van der Waals surface area (Å²) in [5, 5.41) is 10.7. The molecule has 4 heteroatoms. The quantitative estimate of drug-likeness (QED) is 0.787. The van der Waals surface area contributed by atoms with E-state index in [1.54, 1.807) is 12.1 Å². The maximum absolute atomic E-state index is 9.93. The highest BCUT2D eigenvalue weighted by Gasteiger charge is 2.15. The molecule has 0 spiro atoms. The fourth-order valence-electron chi connectivity index (χ4n) is 2.28. The second kappa shape index (κ2) is 7.65. The van der Waals surface area contributed by atoms with Gasteiger partial charge in [0.1, 0.15) is 12.4 Å². The lowest BCUT2D eigenvalue weighted by Gasteiger charge is -2.22. The van der Waals surface area contributed by atoms with Crippen LogP contribution in [0.25, 0.3) is 0 Å². The van der Waals surface area contributed by atoms with Gasteiger partial charge in [-0.2, -0.15) is 11.8 Å². The van der Waals surface area contributed by atoms with Crippen LogP contribution >= 0.6 is 11.8 Å². The van der Waals surface area contributed by atoms with Gasteiger partial charge in [-0.05, 0) is 37.1 Å². The van der Waals surface area contributed by atoms with Crippen LogP contribution in [0, 0.1) is 0 Å². The summed E-state index contributed by atoms with van der Waals surface area (Å²) in [7, 11) is 0. The number of hydrogen-bond acceptors (Lipinski definition) is 4. The van der Waals surface area contributed by atoms with E-state index in [2.05, 4.69) is 0 Å². The zero-order valence-electron chi connectivity index (χ0n) is 11.3. The first-order chi connectivity index (χ1) is 9.24. The highest BCUT2D eigenvalue weighted by Crippen LogP contribution is 2.28. The summed E-state index contributed by atoms with van der Waals surface area (Å²) in [5.41, 5.74) is 6.33. The molecular weight excluding hydrogens is 258 g/mol. The number of ether oxygens (including phenoxy) is 1. The van der Waals surface area contributed by atoms with Gasteiger partial charge >= 0.3 is 0 Å². The normalized spacial score (nSPS) is 18.2. The van der Waals surface area contributed by atoms with E-state index in [1.165, 1.54) is 32.1 Å². The molecule has 1 aliphatic carbocycles. The van der Waals surface area contributed by atoms with Crippen LogP contribution < -0.4 is 10.5 Å². The van der Waals surface area contributed by atoms with Crippen molar-refractivity contribution in [1.82, 2.24) is 0 Å². The Kier molecular flexibility index (Phi) is 5.86. The SMILES string of the molecule is Nc1ccc(OCC(O)CSC2CCCCC2)cc1. The van der Waals surface area contributed by atoms with Crippen molar-refractivity contribution < 1.29 is 9.84 Å². The molecule has 0 amide bonds. The van der Waals surface area contributed by atoms with Gasteiger partial charge in [-0.25, -0.2) is 0 Å². The topological polar surface area (TPSA) is 55.5 Å². The Morgan fingerprint density at radius 3 is 2.58 bits per heavy atom. The molecule has 0 saturated heterocycles. The summed E-state index contributed by atoms with van der Waals surface area (Å²) in [4.78, 5) is 0. The lowest BCUT2D eigenvalue weighted by molar-refractivity contribution is 0.126. The number of hydrogen-bond donors (Lipinski definition) is 2. The van der Waals surface area contributed by atoms with Gasteiger partial charge in [0.05, 0.1) is 6.10 Å². The van der Waals surface area contributed by atoms with Gasteiger partial charge in [0, 0.05) is 16.7 Å². The van der Waals surface area contributed by atoms with E-state index in [0.29, 0.717) is 6.61 Å². The summed E-state index contributed by atoms with van der Waals surface area (Å²) < 4.78 is 5.54. The van der Waals surface area contributed by atoms with Crippen molar-refractivity contribution >= 4 is 17.4 Å². The van der Waals surface area contributed by atoms with Crippen molar-refractivity contribution in [3.63, 3.8) is 0 Å². The molecule has 2 rings (SSSR count). The lowest BCUT2D eigenvalue weighted by Crippen LogP contribution is -2.22. The van der Waals surface area contributed by atoms with Crippen LogP contribution in [0.5, 0.6) is 5.75 Å². The number of anilines is 1. The van der Waals surface area contributed by atoms with Crippen LogP contribution in [-0.2, 0) is 0 Å². The molecule has 106 valence electrons. The van der Waals surface area contributed by atoms with Gasteiger partial charge in [-0.15, -0.1) is 0 Å². The molecule has 1 aromatic carbocycles. The van der Waals surface area contributed by atoms with E-state index < -0.39 is 6.10 Å². The summed E-state index contributed by atoms with van der Waals surface area (Å²) in [6.45, 7) is 0.351. The summed E-state index contributed by atoms with van der Waals surface area (Å²) in [5.74, 6) is 1.52. The predicted octanol–water partition coefficient (Wildman–Crippen LogP) is 3.07. The van der Waals surface area contributed by atoms with Gasteiger partial charge in [-0.1, -0.05) is 19.3 Å². The summed E-state index contributed by atoms with van der Waals surface area (Å²) in [6.07, 6.45) is 6.27. The molecule has 0 heterocycles. The van der Waals surface area contributed by atoms with Crippen LogP contribution in [0.1, 0.15) is 32.1 Å². The minimum atomic E-state index is -0.399. The van der Waals surface area contributed by atoms with Gasteiger partial charge in [-0.3, -0.25) is 0 Å². The predicted molar refractivity (Wildman–Crippen MR) is 81.7 cm³/mol. The van der Waals surface area contributed by atoms with Crippen molar-refractivity contribution in [3.8, 4) is 5.75 Å². The van der Waals surface area contributed by atoms with Crippen LogP contribution in [-0.4, -0.2) is 28.8 Å². The van der Waals surface area contributed by atoms with E-state index in [4.69, 9.17) is 10.5 Å². The highest BCUT2D eigenvalue weighted by atomic mass is 32.2. The third kappa shape index (κ3) is 5.33. The van der Waals surface area contributed by atoms with E-state index in [-0.39, 0.29) is 0 Å². The zero-order valence-corrected chi connectivity index (χ0v) is 12.1. The maximum atomic E-state index is 9.93. The molecule has 0 bridgehead atoms. The second-order valence-corrected chi connectivity index (χ2v) is 6.46. The molecule has 3 nitrogen and oxygen atoms in total. The third-order valence-corrected chi connectivity index (χ3v) is 4.92. The number of rotatable bonds is 6. The van der Waals surface area contributed by atoms with Crippen molar-refractivity contribution in [2.75, 3.05) is 18.1 Å². The van der Waals surface area contributed by atoms with Crippen molar-refractivity contribution in [3.05, 3.63) is 24.3 Å². The fraction of sp³-hybridized carbons (Fsp3) is 0.600. The minimum Gasteiger partial charge on any atom is -0.491 e. The third-order valence-electron chi connectivity index (χ3n) is 3.40. The van der Waals surface area contributed by atoms with E-state index in [9.17, 15) is 5.11 Å². The number of benzene rings is 1. The fourth-order valence-corrected chi connectivity index (χ4v) is 3.54. The van der Waals surface area contributed by atoms with Crippen LogP contribution in [0.4, 0.5) is 5.69 Å². The van der Waals surface area contributed by atoms with Crippen molar-refractivity contribution in [2.45, 2.75) is 43.5 Å². The average Bonchev–Trinajstić information content (AvgIpc) is 2.45. The van der Waals surface area contributed by atoms with Crippen LogP contribution in [0.2, 0.25) is 0 Å². The molecule has 19 heavy (non-hydrogen) atoms. The number of aliphatic hydroxyl groups is 1. The Bertz CT molecular complexity index is 363. The van der Waals surface area contributed by atoms with Crippen molar-refractivity contribution in [1.29, 1.82) is 0 Å². The van der Waals surface area contributed by atoms with Gasteiger partial charge in [0.2, 0.25) is 0 Å². The number of nitrogens with two attached hydrogens (primary N) is 1. The van der Waals surface area contributed by atoms with E-state index >= 15 is 0 Å². The smallest absolute Gasteiger partial charge is 0.119 e. The first-order valence-electron chi connectivity index (χ1n) is 7.02. The molecular formula is C15H23NO2S. The number of aliphatic hydroxyl groups excluding tert-OH is 1. The van der Waals surface area contributed by atoms with E-state index in [0.717, 1.165) is 22.4 Å². The average molecular weight is 281 g/mol. The molecule has 0 radical (unpaired) electrons. The number of nitrogen functional groups attached to an aromatic ring is 1. The zero-order chi connectivity index (χ0) is 13.5. The molecule has 1 saturated carbocycles. The maximum Gasteiger partial charge on any atom is 0.119 e. The van der Waals surface area contributed by atoms with Crippen molar-refractivity contribution in [2.24, 2.45) is 0 Å². The van der Waals surface area contributed by atoms with Crippen LogP contribution in [0.15, 0.2) is 24.3 Å². The molecule has 1 atom stereocenters. The molecule has 1 aromatic rings. The van der Waals surface area contributed by atoms with E-state index in [1.807, 2.05) is 23.9 Å². The highest BCUT2D eigenvalue weighted by molar-refractivity contribution is 7.99. The van der Waals surface area contributed by atoms with Gasteiger partial charge in [0.15, 0.2) is 0 Å². The van der Waals surface area contributed by atoms with Gasteiger partial charge in [0.25, 0.3) is 0 Å². The standard InChI is InChI=1S/C15H23NO2S/c16-12-6-8-14(9-7-12)18-10-13(17)11-19-15-4-2-1-3-5-15/h6-9,13,15,17H,1-5,10-11,16H2. The Morgan fingerprint density at radius 1 is 1.21 bits per heavy atom. The van der Waals surface area contributed by atoms with Gasteiger partial charge < -0.3 is 15.6 Å². The minimum absolute atomic E-state index is 0.351. The van der Waals surface area contributed by atoms with Crippen LogP contribution in [0.3, 0.4) is 0 Å². The second-order valence-electron chi connectivity index (χ2n) is 5.13. The Hall–Kier alpha value is -0.870. The molecule has 1 unspecified atom stereocenters. The monoisotopic (exact) mass is 281 g/mol. The molecule has 0 aromatic heterocycles. The molecule has 1 fully saturated rings. The Morgan fingerprint density at radius 2 is 1.89 bits per heavy atom. The molecule has 0 aliphatic heterocycles.